The van der Waals surface area contributed by atoms with Crippen molar-refractivity contribution in [2.24, 2.45) is 0 Å². The van der Waals surface area contributed by atoms with Gasteiger partial charge in [-0.2, -0.15) is 0 Å². The monoisotopic (exact) mass is 259 g/mol. The molecular weight excluding hydrogens is 243 g/mol. The first-order valence-corrected chi connectivity index (χ1v) is 5.96. The highest BCUT2D eigenvalue weighted by atomic mass is 19.2. The largest absolute Gasteiger partial charge is 0.381 e. The van der Waals surface area contributed by atoms with E-state index in [1.54, 1.807) is 0 Å². The lowest BCUT2D eigenvalue weighted by molar-refractivity contribution is 0.0445. The normalized spacial score (nSPS) is 18.9. The van der Waals surface area contributed by atoms with Crippen molar-refractivity contribution in [3.05, 3.63) is 35.1 Å². The molecule has 1 aliphatic rings. The van der Waals surface area contributed by atoms with Gasteiger partial charge in [-0.15, -0.1) is 0 Å². The van der Waals surface area contributed by atoms with Crippen molar-refractivity contribution >= 4 is 0 Å². The molecule has 1 saturated heterocycles. The molecular formula is C13H16F3NO. The lowest BCUT2D eigenvalue weighted by Crippen LogP contribution is -2.46. The molecule has 2 nitrogen and oxygen atoms in total. The van der Waals surface area contributed by atoms with Crippen LogP contribution in [0.15, 0.2) is 12.1 Å². The molecule has 0 aromatic heterocycles. The Morgan fingerprint density at radius 3 is 2.39 bits per heavy atom. The van der Waals surface area contributed by atoms with Crippen LogP contribution in [0.2, 0.25) is 0 Å². The van der Waals surface area contributed by atoms with Crippen LogP contribution < -0.4 is 5.32 Å². The number of halogens is 3. The number of nitrogens with one attached hydrogen (secondary N) is 1. The summed E-state index contributed by atoms with van der Waals surface area (Å²) in [6.07, 6.45) is 1.64. The zero-order chi connectivity index (χ0) is 13.2. The quantitative estimate of drug-likeness (QED) is 0.843. The summed E-state index contributed by atoms with van der Waals surface area (Å²) in [6.45, 7) is 3.51. The van der Waals surface area contributed by atoms with E-state index in [-0.39, 0.29) is 17.6 Å². The van der Waals surface area contributed by atoms with Gasteiger partial charge in [0, 0.05) is 36.9 Å². The Bertz CT molecular complexity index is 430. The molecule has 1 aromatic carbocycles. The van der Waals surface area contributed by atoms with E-state index >= 15 is 0 Å². The van der Waals surface area contributed by atoms with Crippen molar-refractivity contribution in [2.75, 3.05) is 13.2 Å². The zero-order valence-corrected chi connectivity index (χ0v) is 10.2. The number of rotatable bonds is 3. The third-order valence-corrected chi connectivity index (χ3v) is 3.39. The molecule has 1 aliphatic heterocycles. The lowest BCUT2D eigenvalue weighted by Gasteiger charge is -2.34. The topological polar surface area (TPSA) is 21.3 Å². The fraction of sp³-hybridized carbons (Fsp3) is 0.538. The Morgan fingerprint density at radius 2 is 1.72 bits per heavy atom. The summed E-state index contributed by atoms with van der Waals surface area (Å²) in [4.78, 5) is 0. The first-order chi connectivity index (χ1) is 8.50. The fourth-order valence-electron chi connectivity index (χ4n) is 2.01. The van der Waals surface area contributed by atoms with E-state index in [9.17, 15) is 13.2 Å². The molecule has 1 N–H and O–H groups in total. The van der Waals surface area contributed by atoms with Gasteiger partial charge in [-0.05, 0) is 25.8 Å². The molecule has 0 spiro atoms. The molecule has 18 heavy (non-hydrogen) atoms. The van der Waals surface area contributed by atoms with Crippen LogP contribution in [-0.2, 0) is 11.3 Å². The maximum atomic E-state index is 13.4. The molecule has 0 amide bonds. The van der Waals surface area contributed by atoms with Crippen LogP contribution in [0.25, 0.3) is 0 Å². The van der Waals surface area contributed by atoms with Gasteiger partial charge in [0.05, 0.1) is 0 Å². The number of benzene rings is 1. The van der Waals surface area contributed by atoms with Crippen LogP contribution in [0.4, 0.5) is 13.2 Å². The molecule has 1 fully saturated rings. The van der Waals surface area contributed by atoms with Gasteiger partial charge in [0.2, 0.25) is 0 Å². The van der Waals surface area contributed by atoms with Gasteiger partial charge in [-0.3, -0.25) is 0 Å². The highest BCUT2D eigenvalue weighted by Gasteiger charge is 2.26. The second-order valence-electron chi connectivity index (χ2n) is 4.88. The standard InChI is InChI=1S/C13H16F3NO/c1-13(2-4-18-5-3-13)17-8-9-6-11(15)12(16)7-10(9)14/h6-7,17H,2-5,8H2,1H3. The van der Waals surface area contributed by atoms with Crippen molar-refractivity contribution < 1.29 is 17.9 Å². The Balaban J connectivity index is 2.03. The average Bonchev–Trinajstić information content (AvgIpc) is 2.33. The first kappa shape index (κ1) is 13.4. The van der Waals surface area contributed by atoms with Gasteiger partial charge < -0.3 is 10.1 Å². The molecule has 100 valence electrons. The summed E-state index contributed by atoms with van der Waals surface area (Å²) in [5.74, 6) is -2.91. The Hall–Kier alpha value is -1.07. The highest BCUT2D eigenvalue weighted by molar-refractivity contribution is 5.20. The third kappa shape index (κ3) is 3.03. The van der Waals surface area contributed by atoms with Gasteiger partial charge in [0.25, 0.3) is 0 Å². The van der Waals surface area contributed by atoms with Gasteiger partial charge in [0.15, 0.2) is 11.6 Å². The Kier molecular flexibility index (Phi) is 3.92. The van der Waals surface area contributed by atoms with E-state index in [0.29, 0.717) is 19.3 Å². The third-order valence-electron chi connectivity index (χ3n) is 3.39. The van der Waals surface area contributed by atoms with E-state index < -0.39 is 17.5 Å². The molecule has 0 atom stereocenters. The number of ether oxygens (including phenoxy) is 1. The van der Waals surface area contributed by atoms with E-state index in [4.69, 9.17) is 4.74 Å². The number of hydrogen-bond donors (Lipinski definition) is 1. The Labute approximate surface area is 104 Å². The molecule has 1 heterocycles. The molecule has 2 rings (SSSR count). The molecule has 0 saturated carbocycles. The van der Waals surface area contributed by atoms with E-state index in [2.05, 4.69) is 5.32 Å². The summed E-state index contributed by atoms with van der Waals surface area (Å²) in [5.41, 5.74) is -0.00292. The fourth-order valence-corrected chi connectivity index (χ4v) is 2.01. The van der Waals surface area contributed by atoms with Crippen LogP contribution in [0.3, 0.4) is 0 Å². The van der Waals surface area contributed by atoms with Crippen LogP contribution in [0, 0.1) is 17.5 Å². The average molecular weight is 259 g/mol. The van der Waals surface area contributed by atoms with Crippen LogP contribution >= 0.6 is 0 Å². The molecule has 0 unspecified atom stereocenters. The van der Waals surface area contributed by atoms with Crippen molar-refractivity contribution in [1.82, 2.24) is 5.32 Å². The van der Waals surface area contributed by atoms with Crippen molar-refractivity contribution in [3.63, 3.8) is 0 Å². The minimum atomic E-state index is -1.16. The Morgan fingerprint density at radius 1 is 1.11 bits per heavy atom. The number of hydrogen-bond acceptors (Lipinski definition) is 2. The van der Waals surface area contributed by atoms with Gasteiger partial charge in [-0.25, -0.2) is 13.2 Å². The van der Waals surface area contributed by atoms with Crippen LogP contribution in [0.5, 0.6) is 0 Å². The SMILES string of the molecule is CC1(NCc2cc(F)c(F)cc2F)CCOCC1. The van der Waals surface area contributed by atoms with Crippen molar-refractivity contribution in [3.8, 4) is 0 Å². The van der Waals surface area contributed by atoms with Crippen LogP contribution in [0.1, 0.15) is 25.3 Å². The molecule has 0 bridgehead atoms. The maximum absolute atomic E-state index is 13.4. The predicted molar refractivity (Wildman–Crippen MR) is 61.6 cm³/mol. The first-order valence-electron chi connectivity index (χ1n) is 5.96. The zero-order valence-electron chi connectivity index (χ0n) is 10.2. The maximum Gasteiger partial charge on any atom is 0.161 e. The summed E-state index contributed by atoms with van der Waals surface area (Å²) in [7, 11) is 0. The van der Waals surface area contributed by atoms with Crippen LogP contribution in [-0.4, -0.2) is 18.8 Å². The second kappa shape index (κ2) is 5.28. The van der Waals surface area contributed by atoms with E-state index in [1.807, 2.05) is 6.92 Å². The van der Waals surface area contributed by atoms with Gasteiger partial charge in [0.1, 0.15) is 5.82 Å². The van der Waals surface area contributed by atoms with Gasteiger partial charge >= 0.3 is 0 Å². The summed E-state index contributed by atoms with van der Waals surface area (Å²) < 4.78 is 44.5. The summed E-state index contributed by atoms with van der Waals surface area (Å²) >= 11 is 0. The van der Waals surface area contributed by atoms with Crippen molar-refractivity contribution in [1.29, 1.82) is 0 Å². The minimum Gasteiger partial charge on any atom is -0.381 e. The van der Waals surface area contributed by atoms with E-state index in [1.165, 1.54) is 0 Å². The minimum absolute atomic E-state index is 0.140. The highest BCUT2D eigenvalue weighted by Crippen LogP contribution is 2.21. The molecule has 0 radical (unpaired) electrons. The smallest absolute Gasteiger partial charge is 0.161 e. The summed E-state index contributed by atoms with van der Waals surface area (Å²) in [5, 5.41) is 3.19. The summed E-state index contributed by atoms with van der Waals surface area (Å²) in [6, 6.07) is 1.49. The van der Waals surface area contributed by atoms with Crippen molar-refractivity contribution in [2.45, 2.75) is 31.8 Å². The molecule has 1 aromatic rings. The van der Waals surface area contributed by atoms with Gasteiger partial charge in [-0.1, -0.05) is 0 Å². The van der Waals surface area contributed by atoms with E-state index in [0.717, 1.165) is 18.9 Å². The lowest BCUT2D eigenvalue weighted by atomic mass is 9.92. The predicted octanol–water partition coefficient (Wildman–Crippen LogP) is 2.76. The molecule has 0 aliphatic carbocycles. The molecule has 5 heteroatoms. The second-order valence-corrected chi connectivity index (χ2v) is 4.88.